The number of benzene rings is 1. The highest BCUT2D eigenvalue weighted by molar-refractivity contribution is 9.10. The SMILES string of the molecule is Cl.O=C(N[C@@H]1CCCNC1)c1ccc(Br)c(Cl)c1. The predicted octanol–water partition coefficient (Wildman–Crippen LogP) is 3.01. The Morgan fingerprint density at radius 2 is 2.28 bits per heavy atom. The average molecular weight is 354 g/mol. The van der Waals surface area contributed by atoms with Gasteiger partial charge in [-0.05, 0) is 53.5 Å². The maximum atomic E-state index is 12.0. The molecule has 3 nitrogen and oxygen atoms in total. The van der Waals surface area contributed by atoms with Gasteiger partial charge in [-0.2, -0.15) is 0 Å². The van der Waals surface area contributed by atoms with E-state index in [0.717, 1.165) is 30.4 Å². The number of hydrogen-bond acceptors (Lipinski definition) is 2. The minimum atomic E-state index is -0.0619. The average Bonchev–Trinajstić information content (AvgIpc) is 2.34. The first-order valence-electron chi connectivity index (χ1n) is 5.63. The van der Waals surface area contributed by atoms with E-state index in [2.05, 4.69) is 26.6 Å². The number of piperidine rings is 1. The molecular formula is C12H15BrCl2N2O. The monoisotopic (exact) mass is 352 g/mol. The molecule has 0 spiro atoms. The maximum absolute atomic E-state index is 12.0. The zero-order chi connectivity index (χ0) is 12.3. The van der Waals surface area contributed by atoms with Gasteiger partial charge in [-0.1, -0.05) is 11.6 Å². The minimum Gasteiger partial charge on any atom is -0.348 e. The van der Waals surface area contributed by atoms with Gasteiger partial charge in [0, 0.05) is 22.6 Å². The Labute approximate surface area is 126 Å². The van der Waals surface area contributed by atoms with Crippen LogP contribution in [0.4, 0.5) is 0 Å². The Morgan fingerprint density at radius 3 is 2.89 bits per heavy atom. The molecule has 0 bridgehead atoms. The molecule has 0 radical (unpaired) electrons. The summed E-state index contributed by atoms with van der Waals surface area (Å²) in [6.07, 6.45) is 2.13. The second-order valence-electron chi connectivity index (χ2n) is 4.15. The van der Waals surface area contributed by atoms with Crippen LogP contribution in [0.3, 0.4) is 0 Å². The Balaban J connectivity index is 0.00000162. The van der Waals surface area contributed by atoms with E-state index in [1.54, 1.807) is 18.2 Å². The normalized spacial score (nSPS) is 18.9. The Bertz CT molecular complexity index is 423. The van der Waals surface area contributed by atoms with Crippen LogP contribution in [-0.2, 0) is 0 Å². The molecule has 1 saturated heterocycles. The number of carbonyl (C=O) groups is 1. The van der Waals surface area contributed by atoms with Gasteiger partial charge in [-0.15, -0.1) is 12.4 Å². The van der Waals surface area contributed by atoms with Crippen molar-refractivity contribution in [3.8, 4) is 0 Å². The lowest BCUT2D eigenvalue weighted by molar-refractivity contribution is 0.0930. The van der Waals surface area contributed by atoms with Crippen LogP contribution in [0.1, 0.15) is 23.2 Å². The number of rotatable bonds is 2. The van der Waals surface area contributed by atoms with Gasteiger partial charge in [0.25, 0.3) is 5.91 Å². The van der Waals surface area contributed by atoms with Crippen molar-refractivity contribution in [2.45, 2.75) is 18.9 Å². The van der Waals surface area contributed by atoms with Crippen molar-refractivity contribution in [3.05, 3.63) is 33.3 Å². The molecule has 0 aromatic heterocycles. The van der Waals surface area contributed by atoms with E-state index in [1.807, 2.05) is 0 Å². The van der Waals surface area contributed by atoms with Gasteiger partial charge in [0.05, 0.1) is 5.02 Å². The number of hydrogen-bond donors (Lipinski definition) is 2. The van der Waals surface area contributed by atoms with Gasteiger partial charge >= 0.3 is 0 Å². The zero-order valence-electron chi connectivity index (χ0n) is 9.71. The van der Waals surface area contributed by atoms with E-state index in [4.69, 9.17) is 11.6 Å². The van der Waals surface area contributed by atoms with Crippen LogP contribution in [-0.4, -0.2) is 25.0 Å². The summed E-state index contributed by atoms with van der Waals surface area (Å²) in [4.78, 5) is 12.0. The van der Waals surface area contributed by atoms with Crippen molar-refractivity contribution in [3.63, 3.8) is 0 Å². The van der Waals surface area contributed by atoms with Gasteiger partial charge in [0.1, 0.15) is 0 Å². The van der Waals surface area contributed by atoms with Crippen molar-refractivity contribution in [2.24, 2.45) is 0 Å². The molecule has 1 aliphatic heterocycles. The third-order valence-corrected chi connectivity index (χ3v) is 4.05. The lowest BCUT2D eigenvalue weighted by Gasteiger charge is -2.23. The van der Waals surface area contributed by atoms with Crippen LogP contribution in [0.5, 0.6) is 0 Å². The minimum absolute atomic E-state index is 0. The fraction of sp³-hybridized carbons (Fsp3) is 0.417. The van der Waals surface area contributed by atoms with E-state index < -0.39 is 0 Å². The topological polar surface area (TPSA) is 41.1 Å². The molecule has 2 rings (SSSR count). The van der Waals surface area contributed by atoms with Crippen molar-refractivity contribution in [2.75, 3.05) is 13.1 Å². The van der Waals surface area contributed by atoms with Crippen LogP contribution in [0.15, 0.2) is 22.7 Å². The summed E-state index contributed by atoms with van der Waals surface area (Å²) in [5.41, 5.74) is 0.601. The smallest absolute Gasteiger partial charge is 0.251 e. The number of amides is 1. The molecule has 1 heterocycles. The maximum Gasteiger partial charge on any atom is 0.251 e. The summed E-state index contributed by atoms with van der Waals surface area (Å²) in [6, 6.07) is 5.45. The van der Waals surface area contributed by atoms with E-state index in [-0.39, 0.29) is 24.4 Å². The van der Waals surface area contributed by atoms with Gasteiger partial charge in [-0.3, -0.25) is 4.79 Å². The van der Waals surface area contributed by atoms with Crippen LogP contribution in [0.2, 0.25) is 5.02 Å². The molecule has 1 amide bonds. The van der Waals surface area contributed by atoms with Crippen LogP contribution >= 0.6 is 39.9 Å². The van der Waals surface area contributed by atoms with Gasteiger partial charge in [0.2, 0.25) is 0 Å². The summed E-state index contributed by atoms with van der Waals surface area (Å²) >= 11 is 9.26. The summed E-state index contributed by atoms with van der Waals surface area (Å²) < 4.78 is 0.801. The zero-order valence-corrected chi connectivity index (χ0v) is 12.9. The third kappa shape index (κ3) is 4.12. The molecular weight excluding hydrogens is 339 g/mol. The Kier molecular flexibility index (Phi) is 6.43. The Hall–Kier alpha value is -0.290. The first-order chi connectivity index (χ1) is 8.16. The van der Waals surface area contributed by atoms with Crippen molar-refractivity contribution < 1.29 is 4.79 Å². The number of halogens is 3. The fourth-order valence-electron chi connectivity index (χ4n) is 1.88. The van der Waals surface area contributed by atoms with Gasteiger partial charge < -0.3 is 10.6 Å². The van der Waals surface area contributed by atoms with E-state index in [9.17, 15) is 4.79 Å². The van der Waals surface area contributed by atoms with Crippen LogP contribution in [0, 0.1) is 0 Å². The first-order valence-corrected chi connectivity index (χ1v) is 6.80. The van der Waals surface area contributed by atoms with Crippen LogP contribution < -0.4 is 10.6 Å². The Morgan fingerprint density at radius 1 is 1.50 bits per heavy atom. The molecule has 18 heavy (non-hydrogen) atoms. The second-order valence-corrected chi connectivity index (χ2v) is 5.41. The highest BCUT2D eigenvalue weighted by atomic mass is 79.9. The third-order valence-electron chi connectivity index (χ3n) is 2.81. The molecule has 0 saturated carbocycles. The summed E-state index contributed by atoms with van der Waals surface area (Å²) in [6.45, 7) is 1.88. The van der Waals surface area contributed by atoms with Crippen molar-refractivity contribution in [1.29, 1.82) is 0 Å². The molecule has 1 fully saturated rings. The summed E-state index contributed by atoms with van der Waals surface area (Å²) in [7, 11) is 0. The van der Waals surface area contributed by atoms with E-state index in [1.165, 1.54) is 0 Å². The summed E-state index contributed by atoms with van der Waals surface area (Å²) in [5.74, 6) is -0.0619. The first kappa shape index (κ1) is 15.8. The molecule has 2 N–H and O–H groups in total. The molecule has 0 aliphatic carbocycles. The lowest BCUT2D eigenvalue weighted by Crippen LogP contribution is -2.45. The second kappa shape index (κ2) is 7.34. The summed E-state index contributed by atoms with van der Waals surface area (Å²) in [5, 5.41) is 6.83. The molecule has 1 aliphatic rings. The van der Waals surface area contributed by atoms with E-state index in [0.29, 0.717) is 10.6 Å². The molecule has 1 aromatic rings. The van der Waals surface area contributed by atoms with E-state index >= 15 is 0 Å². The molecule has 100 valence electrons. The molecule has 6 heteroatoms. The fourth-order valence-corrected chi connectivity index (χ4v) is 2.31. The van der Waals surface area contributed by atoms with Gasteiger partial charge in [-0.25, -0.2) is 0 Å². The van der Waals surface area contributed by atoms with Crippen LogP contribution in [0.25, 0.3) is 0 Å². The van der Waals surface area contributed by atoms with Gasteiger partial charge in [0.15, 0.2) is 0 Å². The highest BCUT2D eigenvalue weighted by Gasteiger charge is 2.16. The standard InChI is InChI=1S/C12H14BrClN2O.ClH/c13-10-4-3-8(6-11(10)14)12(17)16-9-2-1-5-15-7-9;/h3-4,6,9,15H,1-2,5,7H2,(H,16,17);1H/t9-;/m1./s1. The predicted molar refractivity (Wildman–Crippen MR) is 79.8 cm³/mol. The number of carbonyl (C=O) groups excluding carboxylic acids is 1. The van der Waals surface area contributed by atoms with Crippen molar-refractivity contribution >= 4 is 45.8 Å². The quantitative estimate of drug-likeness (QED) is 0.858. The molecule has 1 aromatic carbocycles. The number of nitrogens with one attached hydrogen (secondary N) is 2. The lowest BCUT2D eigenvalue weighted by atomic mass is 10.1. The largest absolute Gasteiger partial charge is 0.348 e. The highest BCUT2D eigenvalue weighted by Crippen LogP contribution is 2.23. The molecule has 0 unspecified atom stereocenters. The van der Waals surface area contributed by atoms with Crippen molar-refractivity contribution in [1.82, 2.24) is 10.6 Å². The molecule has 1 atom stereocenters.